The molecule has 0 unspecified atom stereocenters. The number of fused-ring (bicyclic) bond motifs is 3. The first-order chi connectivity index (χ1) is 6.84. The maximum atomic E-state index is 5.99. The molecule has 3 rings (SSSR count). The highest BCUT2D eigenvalue weighted by Crippen LogP contribution is 2.25. The molecule has 0 radical (unpaired) electrons. The fourth-order valence-electron chi connectivity index (χ4n) is 2.70. The van der Waals surface area contributed by atoms with Gasteiger partial charge in [0.15, 0.2) is 0 Å². The van der Waals surface area contributed by atoms with E-state index in [9.17, 15) is 0 Å². The zero-order valence-electron chi connectivity index (χ0n) is 8.50. The molecule has 1 atom stereocenters. The Balaban J connectivity index is 2.05. The van der Waals surface area contributed by atoms with Gasteiger partial charge in [-0.25, -0.2) is 4.98 Å². The van der Waals surface area contributed by atoms with Gasteiger partial charge in [0.1, 0.15) is 5.82 Å². The lowest BCUT2D eigenvalue weighted by molar-refractivity contribution is 0.440. The number of hydrogen-bond acceptors (Lipinski definition) is 2. The summed E-state index contributed by atoms with van der Waals surface area (Å²) in [6.07, 6.45) is 7.23. The summed E-state index contributed by atoms with van der Waals surface area (Å²) >= 11 is 0. The largest absolute Gasteiger partial charge is 0.330 e. The van der Waals surface area contributed by atoms with Crippen molar-refractivity contribution in [3.05, 3.63) is 17.2 Å². The summed E-state index contributed by atoms with van der Waals surface area (Å²) < 4.78 is 2.39. The van der Waals surface area contributed by atoms with Crippen molar-refractivity contribution in [3.8, 4) is 0 Å². The van der Waals surface area contributed by atoms with E-state index in [1.54, 1.807) is 0 Å². The van der Waals surface area contributed by atoms with Gasteiger partial charge in [-0.3, -0.25) is 0 Å². The molecule has 0 amide bonds. The molecular weight excluding hydrogens is 174 g/mol. The van der Waals surface area contributed by atoms with Gasteiger partial charge in [-0.05, 0) is 32.1 Å². The summed E-state index contributed by atoms with van der Waals surface area (Å²) in [6.45, 7) is 0.998. The van der Waals surface area contributed by atoms with Crippen molar-refractivity contribution in [1.82, 2.24) is 9.55 Å². The predicted octanol–water partition coefficient (Wildman–Crippen LogP) is 1.04. The minimum Gasteiger partial charge on any atom is -0.330 e. The first-order valence-electron chi connectivity index (χ1n) is 5.67. The van der Waals surface area contributed by atoms with Crippen LogP contribution in [-0.2, 0) is 25.8 Å². The molecule has 0 saturated heterocycles. The minimum atomic E-state index is 0.350. The lowest BCUT2D eigenvalue weighted by atomic mass is 10.0. The molecule has 3 nitrogen and oxygen atoms in total. The average molecular weight is 191 g/mol. The van der Waals surface area contributed by atoms with E-state index >= 15 is 0 Å². The third kappa shape index (κ3) is 1.19. The van der Waals surface area contributed by atoms with Crippen LogP contribution < -0.4 is 5.73 Å². The van der Waals surface area contributed by atoms with E-state index < -0.39 is 0 Å². The van der Waals surface area contributed by atoms with Gasteiger partial charge in [0.05, 0.1) is 5.69 Å². The second-order valence-electron chi connectivity index (χ2n) is 4.54. The third-order valence-electron chi connectivity index (χ3n) is 3.47. The summed E-state index contributed by atoms with van der Waals surface area (Å²) in [4.78, 5) is 4.73. The normalized spacial score (nSPS) is 25.6. The molecule has 2 aliphatic rings. The van der Waals surface area contributed by atoms with Crippen LogP contribution in [0, 0.1) is 0 Å². The maximum absolute atomic E-state index is 5.99. The Morgan fingerprint density at radius 2 is 2.07 bits per heavy atom. The summed E-state index contributed by atoms with van der Waals surface area (Å²) in [5.41, 5.74) is 8.84. The summed E-state index contributed by atoms with van der Waals surface area (Å²) in [6, 6.07) is 0.350. The average Bonchev–Trinajstić information content (AvgIpc) is 2.56. The van der Waals surface area contributed by atoms with Crippen LogP contribution in [0.1, 0.15) is 36.5 Å². The van der Waals surface area contributed by atoms with E-state index in [1.807, 2.05) is 0 Å². The molecule has 1 aliphatic carbocycles. The third-order valence-corrected chi connectivity index (χ3v) is 3.47. The van der Waals surface area contributed by atoms with E-state index in [2.05, 4.69) is 4.57 Å². The molecule has 1 aromatic rings. The van der Waals surface area contributed by atoms with E-state index in [1.165, 1.54) is 42.9 Å². The zero-order chi connectivity index (χ0) is 9.54. The lowest BCUT2D eigenvalue weighted by Gasteiger charge is -2.22. The topological polar surface area (TPSA) is 43.8 Å². The van der Waals surface area contributed by atoms with Crippen LogP contribution in [0.2, 0.25) is 0 Å². The Kier molecular flexibility index (Phi) is 1.87. The summed E-state index contributed by atoms with van der Waals surface area (Å²) in [7, 11) is 0. The molecule has 0 saturated carbocycles. The van der Waals surface area contributed by atoms with Crippen LogP contribution in [0.4, 0.5) is 0 Å². The molecule has 3 heteroatoms. The molecule has 0 fully saturated rings. The summed E-state index contributed by atoms with van der Waals surface area (Å²) in [5, 5.41) is 0. The van der Waals surface area contributed by atoms with Gasteiger partial charge in [-0.1, -0.05) is 0 Å². The number of nitrogens with zero attached hydrogens (tertiary/aromatic N) is 2. The molecule has 76 valence electrons. The van der Waals surface area contributed by atoms with Crippen LogP contribution in [0.3, 0.4) is 0 Å². The van der Waals surface area contributed by atoms with Gasteiger partial charge in [-0.2, -0.15) is 0 Å². The quantitative estimate of drug-likeness (QED) is 0.665. The Hall–Kier alpha value is -0.830. The molecule has 2 N–H and O–H groups in total. The Morgan fingerprint density at radius 1 is 1.21 bits per heavy atom. The standard InChI is InChI=1S/C11H17N3/c12-8-5-6-11-13-9-3-1-2-4-10(9)14(11)7-8/h8H,1-7,12H2/t8-/m0/s1. The number of rotatable bonds is 0. The Bertz CT molecular complexity index is 354. The number of aryl methyl sites for hydroxylation is 2. The van der Waals surface area contributed by atoms with Crippen LogP contribution in [0.15, 0.2) is 0 Å². The van der Waals surface area contributed by atoms with Crippen molar-refractivity contribution >= 4 is 0 Å². The van der Waals surface area contributed by atoms with Crippen molar-refractivity contribution < 1.29 is 0 Å². The Morgan fingerprint density at radius 3 is 3.00 bits per heavy atom. The first kappa shape index (κ1) is 8.48. The van der Waals surface area contributed by atoms with Crippen molar-refractivity contribution in [2.24, 2.45) is 5.73 Å². The number of aromatic nitrogens is 2. The van der Waals surface area contributed by atoms with Crippen molar-refractivity contribution in [2.45, 2.75) is 51.1 Å². The van der Waals surface area contributed by atoms with E-state index in [0.29, 0.717) is 6.04 Å². The van der Waals surface area contributed by atoms with Crippen molar-refractivity contribution in [2.75, 3.05) is 0 Å². The van der Waals surface area contributed by atoms with E-state index in [-0.39, 0.29) is 0 Å². The highest BCUT2D eigenvalue weighted by molar-refractivity contribution is 5.21. The highest BCUT2D eigenvalue weighted by atomic mass is 15.1. The summed E-state index contributed by atoms with van der Waals surface area (Å²) in [5.74, 6) is 1.29. The van der Waals surface area contributed by atoms with Gasteiger partial charge in [-0.15, -0.1) is 0 Å². The van der Waals surface area contributed by atoms with Crippen LogP contribution in [0.25, 0.3) is 0 Å². The van der Waals surface area contributed by atoms with Gasteiger partial charge < -0.3 is 10.3 Å². The van der Waals surface area contributed by atoms with Gasteiger partial charge >= 0.3 is 0 Å². The molecule has 0 spiro atoms. The molecule has 1 aliphatic heterocycles. The van der Waals surface area contributed by atoms with Gasteiger partial charge in [0.2, 0.25) is 0 Å². The number of hydrogen-bond donors (Lipinski definition) is 1. The first-order valence-corrected chi connectivity index (χ1v) is 5.67. The van der Waals surface area contributed by atoms with Crippen LogP contribution >= 0.6 is 0 Å². The smallest absolute Gasteiger partial charge is 0.109 e. The number of imidazole rings is 1. The van der Waals surface area contributed by atoms with E-state index in [4.69, 9.17) is 10.7 Å². The monoisotopic (exact) mass is 191 g/mol. The SMILES string of the molecule is N[C@H]1CCc2nc3c(n2C1)CCCC3. The lowest BCUT2D eigenvalue weighted by Crippen LogP contribution is -2.32. The molecule has 2 heterocycles. The molecular formula is C11H17N3. The molecule has 14 heavy (non-hydrogen) atoms. The fraction of sp³-hybridized carbons (Fsp3) is 0.727. The van der Waals surface area contributed by atoms with Crippen molar-refractivity contribution in [1.29, 1.82) is 0 Å². The highest BCUT2D eigenvalue weighted by Gasteiger charge is 2.24. The fourth-order valence-corrected chi connectivity index (χ4v) is 2.70. The maximum Gasteiger partial charge on any atom is 0.109 e. The second kappa shape index (κ2) is 3.09. The second-order valence-corrected chi connectivity index (χ2v) is 4.54. The zero-order valence-corrected chi connectivity index (χ0v) is 8.50. The molecule has 1 aromatic heterocycles. The Labute approximate surface area is 84.3 Å². The van der Waals surface area contributed by atoms with Gasteiger partial charge in [0, 0.05) is 24.7 Å². The predicted molar refractivity (Wildman–Crippen MR) is 55.2 cm³/mol. The van der Waals surface area contributed by atoms with Gasteiger partial charge in [0.25, 0.3) is 0 Å². The molecule has 0 bridgehead atoms. The number of nitrogens with two attached hydrogens (primary N) is 1. The van der Waals surface area contributed by atoms with E-state index in [0.717, 1.165) is 19.4 Å². The van der Waals surface area contributed by atoms with Crippen molar-refractivity contribution in [3.63, 3.8) is 0 Å². The van der Waals surface area contributed by atoms with Crippen LogP contribution in [-0.4, -0.2) is 15.6 Å². The molecule has 0 aromatic carbocycles. The van der Waals surface area contributed by atoms with Crippen LogP contribution in [0.5, 0.6) is 0 Å². The minimum absolute atomic E-state index is 0.350.